The number of amides is 4. The Morgan fingerprint density at radius 3 is 2.84 bits per heavy atom. The number of thioether (sulfide) groups is 1. The summed E-state index contributed by atoms with van der Waals surface area (Å²) < 4.78 is 0. The van der Waals surface area contributed by atoms with Gasteiger partial charge in [-0.05, 0) is 12.8 Å². The number of carboxylic acids is 1. The predicted octanol–water partition coefficient (Wildman–Crippen LogP) is 0.588. The van der Waals surface area contributed by atoms with Gasteiger partial charge >= 0.3 is 18.0 Å². The van der Waals surface area contributed by atoms with E-state index in [0.29, 0.717) is 12.2 Å². The van der Waals surface area contributed by atoms with Crippen LogP contribution in [-0.2, 0) is 4.79 Å². The number of primary amides is 1. The highest BCUT2D eigenvalue weighted by molar-refractivity contribution is 8.00. The van der Waals surface area contributed by atoms with Crippen LogP contribution >= 0.6 is 11.8 Å². The van der Waals surface area contributed by atoms with Crippen LogP contribution in [0.25, 0.3) is 0 Å². The Morgan fingerprint density at radius 2 is 2.21 bits per heavy atom. The second-order valence-electron chi connectivity index (χ2n) is 4.76. The molecule has 0 aromatic carbocycles. The zero-order chi connectivity index (χ0) is 14.0. The topological polar surface area (TPSA) is 113 Å². The first kappa shape index (κ1) is 14.0. The van der Waals surface area contributed by atoms with Crippen LogP contribution < -0.4 is 11.1 Å². The van der Waals surface area contributed by atoms with Crippen LogP contribution in [0.1, 0.15) is 25.7 Å². The summed E-state index contributed by atoms with van der Waals surface area (Å²) >= 11 is 1.70. The molecular weight excluding hydrogens is 270 g/mol. The van der Waals surface area contributed by atoms with E-state index in [1.165, 1.54) is 0 Å². The van der Waals surface area contributed by atoms with Gasteiger partial charge in [0.15, 0.2) is 0 Å². The minimum Gasteiger partial charge on any atom is -0.481 e. The molecule has 3 atom stereocenters. The van der Waals surface area contributed by atoms with Gasteiger partial charge in [-0.3, -0.25) is 4.79 Å². The maximum Gasteiger partial charge on any atom is 0.326 e. The maximum absolute atomic E-state index is 11.6. The molecule has 0 saturated carbocycles. The summed E-state index contributed by atoms with van der Waals surface area (Å²) in [6, 6.07) is -1.36. The van der Waals surface area contributed by atoms with Crippen LogP contribution in [0.3, 0.4) is 0 Å². The average Bonchev–Trinajstić information content (AvgIpc) is 2.82. The molecule has 4 amide bonds. The third-order valence-corrected chi connectivity index (χ3v) is 4.99. The first-order valence-corrected chi connectivity index (χ1v) is 7.28. The van der Waals surface area contributed by atoms with Crippen LogP contribution in [0.2, 0.25) is 0 Å². The lowest BCUT2D eigenvalue weighted by atomic mass is 10.0. The van der Waals surface area contributed by atoms with Gasteiger partial charge in [-0.25, -0.2) is 14.5 Å². The van der Waals surface area contributed by atoms with Crippen molar-refractivity contribution in [2.45, 2.75) is 43.0 Å². The SMILES string of the molecule is NC(=O)N1C(=O)N[C@@H]2[C@H](CCCCC(=O)O)SC[C@@H]21. The fourth-order valence-corrected chi connectivity index (χ4v) is 4.20. The number of rotatable bonds is 5. The Morgan fingerprint density at radius 1 is 1.47 bits per heavy atom. The molecule has 2 aliphatic rings. The van der Waals surface area contributed by atoms with Gasteiger partial charge in [0.2, 0.25) is 0 Å². The monoisotopic (exact) mass is 287 g/mol. The molecule has 4 N–H and O–H groups in total. The fourth-order valence-electron chi connectivity index (χ4n) is 2.61. The normalized spacial score (nSPS) is 29.2. The highest BCUT2D eigenvalue weighted by Gasteiger charge is 2.49. The summed E-state index contributed by atoms with van der Waals surface area (Å²) in [5.74, 6) is -0.0957. The summed E-state index contributed by atoms with van der Waals surface area (Å²) in [5.41, 5.74) is 5.20. The molecule has 2 aliphatic heterocycles. The Balaban J connectivity index is 1.85. The number of carbonyl (C=O) groups excluding carboxylic acids is 2. The molecule has 0 aromatic heterocycles. The Kier molecular flexibility index (Phi) is 4.18. The Bertz CT molecular complexity index is 403. The minimum absolute atomic E-state index is 0.0603. The van der Waals surface area contributed by atoms with Gasteiger partial charge in [-0.15, -0.1) is 0 Å². The number of carboxylic acid groups (broad SMARTS) is 1. The molecule has 2 saturated heterocycles. The van der Waals surface area contributed by atoms with Gasteiger partial charge in [-0.2, -0.15) is 11.8 Å². The van der Waals surface area contributed by atoms with Gasteiger partial charge < -0.3 is 16.2 Å². The van der Waals surface area contributed by atoms with Gasteiger partial charge in [0.05, 0.1) is 12.1 Å². The maximum atomic E-state index is 11.6. The molecule has 0 spiro atoms. The van der Waals surface area contributed by atoms with Crippen molar-refractivity contribution in [2.24, 2.45) is 5.73 Å². The van der Waals surface area contributed by atoms with Crippen molar-refractivity contribution in [2.75, 3.05) is 5.75 Å². The fraction of sp³-hybridized carbons (Fsp3) is 0.727. The van der Waals surface area contributed by atoms with Crippen LogP contribution in [0.5, 0.6) is 0 Å². The highest BCUT2D eigenvalue weighted by atomic mass is 32.2. The number of hydrogen-bond donors (Lipinski definition) is 3. The van der Waals surface area contributed by atoms with Crippen molar-refractivity contribution in [3.63, 3.8) is 0 Å². The minimum atomic E-state index is -0.786. The van der Waals surface area contributed by atoms with E-state index in [1.54, 1.807) is 11.8 Å². The van der Waals surface area contributed by atoms with Gasteiger partial charge in [0.1, 0.15) is 0 Å². The number of imide groups is 1. The second-order valence-corrected chi connectivity index (χ2v) is 6.03. The largest absolute Gasteiger partial charge is 0.481 e. The van der Waals surface area contributed by atoms with Crippen LogP contribution in [0, 0.1) is 0 Å². The molecule has 0 aromatic rings. The standard InChI is InChI=1S/C11H17N3O4S/c12-10(17)14-6-5-19-7(9(6)13-11(14)18)3-1-2-4-8(15)16/h6-7,9H,1-5H2,(H2,12,17)(H,13,18)(H,15,16)/t6-,7-,9-/m0/s1. The lowest BCUT2D eigenvalue weighted by molar-refractivity contribution is -0.137. The molecule has 0 aliphatic carbocycles. The lowest BCUT2D eigenvalue weighted by Crippen LogP contribution is -2.44. The van der Waals surface area contributed by atoms with E-state index in [2.05, 4.69) is 5.32 Å². The number of nitrogens with one attached hydrogen (secondary N) is 1. The summed E-state index contributed by atoms with van der Waals surface area (Å²) in [5, 5.41) is 11.6. The van der Waals surface area contributed by atoms with E-state index in [4.69, 9.17) is 10.8 Å². The summed E-state index contributed by atoms with van der Waals surface area (Å²) in [4.78, 5) is 34.3. The third-order valence-electron chi connectivity index (χ3n) is 3.50. The number of hydrogen-bond acceptors (Lipinski definition) is 4. The van der Waals surface area contributed by atoms with E-state index >= 15 is 0 Å². The number of fused-ring (bicyclic) bond motifs is 1. The van der Waals surface area contributed by atoms with Crippen LogP contribution in [-0.4, -0.2) is 51.1 Å². The number of urea groups is 2. The number of nitrogens with two attached hydrogens (primary N) is 1. The van der Waals surface area contributed by atoms with E-state index in [1.807, 2.05) is 0 Å². The average molecular weight is 287 g/mol. The Hall–Kier alpha value is -1.44. The van der Waals surface area contributed by atoms with Gasteiger partial charge in [0.25, 0.3) is 0 Å². The zero-order valence-electron chi connectivity index (χ0n) is 10.4. The number of nitrogens with zero attached hydrogens (tertiary/aromatic N) is 1. The molecule has 7 nitrogen and oxygen atoms in total. The van der Waals surface area contributed by atoms with Gasteiger partial charge in [-0.1, -0.05) is 6.42 Å². The summed E-state index contributed by atoms with van der Waals surface area (Å²) in [7, 11) is 0. The van der Waals surface area contributed by atoms with Crippen molar-refractivity contribution >= 4 is 29.8 Å². The van der Waals surface area contributed by atoms with Crippen molar-refractivity contribution in [3.05, 3.63) is 0 Å². The highest BCUT2D eigenvalue weighted by Crippen LogP contribution is 2.36. The molecule has 2 rings (SSSR count). The molecule has 0 radical (unpaired) electrons. The van der Waals surface area contributed by atoms with Crippen LogP contribution in [0.15, 0.2) is 0 Å². The first-order valence-electron chi connectivity index (χ1n) is 6.23. The molecule has 19 heavy (non-hydrogen) atoms. The smallest absolute Gasteiger partial charge is 0.326 e. The van der Waals surface area contributed by atoms with Crippen molar-refractivity contribution in [3.8, 4) is 0 Å². The predicted molar refractivity (Wildman–Crippen MR) is 69.9 cm³/mol. The number of aliphatic carboxylic acids is 1. The van der Waals surface area contributed by atoms with Crippen molar-refractivity contribution < 1.29 is 19.5 Å². The van der Waals surface area contributed by atoms with E-state index in [9.17, 15) is 14.4 Å². The molecular formula is C11H17N3O4S. The number of unbranched alkanes of at least 4 members (excludes halogenated alkanes) is 1. The van der Waals surface area contributed by atoms with E-state index in [-0.39, 0.29) is 23.8 Å². The van der Waals surface area contributed by atoms with E-state index < -0.39 is 18.0 Å². The lowest BCUT2D eigenvalue weighted by Gasteiger charge is -2.17. The quantitative estimate of drug-likeness (QED) is 0.506. The van der Waals surface area contributed by atoms with E-state index in [0.717, 1.165) is 17.7 Å². The molecule has 0 bridgehead atoms. The summed E-state index contributed by atoms with van der Waals surface area (Å²) in [6.07, 6.45) is 2.45. The molecule has 2 heterocycles. The summed E-state index contributed by atoms with van der Waals surface area (Å²) in [6.45, 7) is 0. The molecule has 2 fully saturated rings. The zero-order valence-corrected chi connectivity index (χ0v) is 11.2. The molecule has 8 heteroatoms. The first-order chi connectivity index (χ1) is 9.00. The van der Waals surface area contributed by atoms with Gasteiger partial charge in [0, 0.05) is 17.4 Å². The van der Waals surface area contributed by atoms with Crippen LogP contribution in [0.4, 0.5) is 9.59 Å². The third kappa shape index (κ3) is 2.94. The van der Waals surface area contributed by atoms with Crippen molar-refractivity contribution in [1.82, 2.24) is 10.2 Å². The second kappa shape index (κ2) is 5.68. The molecule has 0 unspecified atom stereocenters. The number of carbonyl (C=O) groups is 3. The molecule has 106 valence electrons. The van der Waals surface area contributed by atoms with Crippen molar-refractivity contribution in [1.29, 1.82) is 0 Å². The Labute approximate surface area is 114 Å².